The summed E-state index contributed by atoms with van der Waals surface area (Å²) in [5.74, 6) is 1.46. The van der Waals surface area contributed by atoms with Crippen LogP contribution < -0.4 is 10.6 Å². The van der Waals surface area contributed by atoms with Crippen LogP contribution in [0.5, 0.6) is 0 Å². The van der Waals surface area contributed by atoms with Crippen molar-refractivity contribution in [2.24, 2.45) is 10.9 Å². The standard InChI is InChI=1S/C18H33N5OS.HI/c1-13(2)16(23-8-10-24-11-9-23)12-21-18(19-5)20-7-6-17-14(3)22-15(4)25-17;/h13,16H,6-12H2,1-5H3,(H2,19,20,21);1H. The predicted molar refractivity (Wildman–Crippen MR) is 121 cm³/mol. The van der Waals surface area contributed by atoms with E-state index in [1.807, 2.05) is 7.05 Å². The van der Waals surface area contributed by atoms with Gasteiger partial charge in [0.2, 0.25) is 0 Å². The van der Waals surface area contributed by atoms with Crippen molar-refractivity contribution in [2.75, 3.05) is 46.4 Å². The zero-order chi connectivity index (χ0) is 18.2. The Hall–Kier alpha value is -0.450. The molecule has 0 bridgehead atoms. The van der Waals surface area contributed by atoms with Crippen LogP contribution in [0.1, 0.15) is 29.4 Å². The first-order valence-electron chi connectivity index (χ1n) is 9.20. The number of aromatic nitrogens is 1. The maximum Gasteiger partial charge on any atom is 0.191 e. The molecule has 1 aromatic heterocycles. The highest BCUT2D eigenvalue weighted by atomic mass is 127. The average molecular weight is 495 g/mol. The summed E-state index contributed by atoms with van der Waals surface area (Å²) >= 11 is 1.78. The minimum absolute atomic E-state index is 0. The van der Waals surface area contributed by atoms with Gasteiger partial charge in [0.1, 0.15) is 0 Å². The largest absolute Gasteiger partial charge is 0.379 e. The van der Waals surface area contributed by atoms with Gasteiger partial charge in [0, 0.05) is 50.6 Å². The molecule has 0 spiro atoms. The summed E-state index contributed by atoms with van der Waals surface area (Å²) in [5.41, 5.74) is 1.15. The Balaban J connectivity index is 0.00000338. The van der Waals surface area contributed by atoms with E-state index in [0.717, 1.165) is 62.5 Å². The lowest BCUT2D eigenvalue weighted by Crippen LogP contribution is -2.52. The fraction of sp³-hybridized carbons (Fsp3) is 0.778. The first kappa shape index (κ1) is 23.6. The van der Waals surface area contributed by atoms with Crippen molar-refractivity contribution < 1.29 is 4.74 Å². The van der Waals surface area contributed by atoms with Gasteiger partial charge in [-0.3, -0.25) is 9.89 Å². The second kappa shape index (κ2) is 12.1. The molecule has 0 aliphatic carbocycles. The van der Waals surface area contributed by atoms with Gasteiger partial charge in [-0.05, 0) is 19.8 Å². The topological polar surface area (TPSA) is 61.8 Å². The fourth-order valence-corrected chi connectivity index (χ4v) is 4.15. The van der Waals surface area contributed by atoms with E-state index in [2.05, 4.69) is 53.2 Å². The molecule has 0 amide bonds. The van der Waals surface area contributed by atoms with Gasteiger partial charge in [0.15, 0.2) is 5.96 Å². The highest BCUT2D eigenvalue weighted by Crippen LogP contribution is 2.17. The van der Waals surface area contributed by atoms with Crippen LogP contribution in [0.15, 0.2) is 4.99 Å². The molecule has 1 atom stereocenters. The summed E-state index contributed by atoms with van der Waals surface area (Å²) in [6.07, 6.45) is 0.981. The number of halogens is 1. The van der Waals surface area contributed by atoms with Gasteiger partial charge in [-0.2, -0.15) is 0 Å². The van der Waals surface area contributed by atoms with E-state index in [0.29, 0.717) is 12.0 Å². The molecule has 1 aromatic rings. The summed E-state index contributed by atoms with van der Waals surface area (Å²) in [7, 11) is 1.83. The van der Waals surface area contributed by atoms with Gasteiger partial charge in [0.25, 0.3) is 0 Å². The quantitative estimate of drug-likeness (QED) is 0.346. The highest BCUT2D eigenvalue weighted by molar-refractivity contribution is 14.0. The van der Waals surface area contributed by atoms with Gasteiger partial charge in [0.05, 0.1) is 23.9 Å². The van der Waals surface area contributed by atoms with Gasteiger partial charge in [-0.25, -0.2) is 4.98 Å². The Labute approximate surface area is 179 Å². The van der Waals surface area contributed by atoms with Crippen LogP contribution in [0, 0.1) is 19.8 Å². The molecule has 1 aliphatic rings. The van der Waals surface area contributed by atoms with E-state index < -0.39 is 0 Å². The van der Waals surface area contributed by atoms with Crippen molar-refractivity contribution >= 4 is 41.3 Å². The first-order valence-corrected chi connectivity index (χ1v) is 10.0. The molecule has 2 rings (SSSR count). The minimum atomic E-state index is 0. The third-order valence-electron chi connectivity index (χ3n) is 4.63. The molecule has 0 aromatic carbocycles. The Morgan fingerprint density at radius 3 is 2.50 bits per heavy atom. The highest BCUT2D eigenvalue weighted by Gasteiger charge is 2.23. The van der Waals surface area contributed by atoms with Crippen molar-refractivity contribution in [3.63, 3.8) is 0 Å². The zero-order valence-electron chi connectivity index (χ0n) is 16.7. The second-order valence-corrected chi connectivity index (χ2v) is 8.12. The van der Waals surface area contributed by atoms with Gasteiger partial charge < -0.3 is 15.4 Å². The summed E-state index contributed by atoms with van der Waals surface area (Å²) in [5, 5.41) is 8.06. The third-order valence-corrected chi connectivity index (χ3v) is 5.76. The van der Waals surface area contributed by atoms with Crippen molar-refractivity contribution in [3.05, 3.63) is 15.6 Å². The van der Waals surface area contributed by atoms with Crippen molar-refractivity contribution in [2.45, 2.75) is 40.2 Å². The maximum atomic E-state index is 5.48. The summed E-state index contributed by atoms with van der Waals surface area (Å²) in [4.78, 5) is 12.7. The number of morpholine rings is 1. The molecule has 1 saturated heterocycles. The van der Waals surface area contributed by atoms with Crippen LogP contribution in [0.3, 0.4) is 0 Å². The van der Waals surface area contributed by atoms with Crippen LogP contribution in [-0.2, 0) is 11.2 Å². The number of guanidine groups is 1. The first-order chi connectivity index (χ1) is 12.0. The Morgan fingerprint density at radius 2 is 1.96 bits per heavy atom. The van der Waals surface area contributed by atoms with Gasteiger partial charge in [-0.15, -0.1) is 35.3 Å². The Kier molecular flexibility index (Phi) is 11.0. The van der Waals surface area contributed by atoms with Crippen molar-refractivity contribution in [1.29, 1.82) is 0 Å². The molecule has 1 fully saturated rings. The van der Waals surface area contributed by atoms with E-state index in [-0.39, 0.29) is 24.0 Å². The molecule has 0 radical (unpaired) electrons. The molecule has 8 heteroatoms. The second-order valence-electron chi connectivity index (χ2n) is 6.83. The van der Waals surface area contributed by atoms with Crippen LogP contribution in [0.4, 0.5) is 0 Å². The minimum Gasteiger partial charge on any atom is -0.379 e. The number of aryl methyl sites for hydroxylation is 2. The van der Waals surface area contributed by atoms with Crippen LogP contribution >= 0.6 is 35.3 Å². The normalized spacial score (nSPS) is 17.1. The Morgan fingerprint density at radius 1 is 1.27 bits per heavy atom. The lowest BCUT2D eigenvalue weighted by Gasteiger charge is -2.37. The van der Waals surface area contributed by atoms with Crippen molar-refractivity contribution in [1.82, 2.24) is 20.5 Å². The SMILES string of the molecule is CN=C(NCCc1sc(C)nc1C)NCC(C(C)C)N1CCOCC1.I. The molecule has 1 unspecified atom stereocenters. The number of thiazole rings is 1. The molecule has 26 heavy (non-hydrogen) atoms. The Bertz CT molecular complexity index is 558. The lowest BCUT2D eigenvalue weighted by atomic mass is 10.0. The summed E-state index contributed by atoms with van der Waals surface area (Å²) in [6, 6.07) is 0.494. The molecule has 0 saturated carbocycles. The zero-order valence-corrected chi connectivity index (χ0v) is 19.8. The lowest BCUT2D eigenvalue weighted by molar-refractivity contribution is 0.00752. The number of hydrogen-bond donors (Lipinski definition) is 2. The molecule has 2 heterocycles. The predicted octanol–water partition coefficient (Wildman–Crippen LogP) is 2.44. The van der Waals surface area contributed by atoms with E-state index in [1.165, 1.54) is 4.88 Å². The number of nitrogens with zero attached hydrogens (tertiary/aromatic N) is 3. The van der Waals surface area contributed by atoms with Crippen LogP contribution in [-0.4, -0.2) is 68.3 Å². The molecular formula is C18H34IN5OS. The van der Waals surface area contributed by atoms with Crippen molar-refractivity contribution in [3.8, 4) is 0 Å². The van der Waals surface area contributed by atoms with E-state index >= 15 is 0 Å². The van der Waals surface area contributed by atoms with E-state index in [4.69, 9.17) is 4.74 Å². The molecule has 1 aliphatic heterocycles. The monoisotopic (exact) mass is 495 g/mol. The third kappa shape index (κ3) is 7.28. The number of aliphatic imine (C=N–C) groups is 1. The molecule has 150 valence electrons. The van der Waals surface area contributed by atoms with Gasteiger partial charge in [-0.1, -0.05) is 13.8 Å². The average Bonchev–Trinajstić information content (AvgIpc) is 2.91. The van der Waals surface area contributed by atoms with Crippen LogP contribution in [0.25, 0.3) is 0 Å². The van der Waals surface area contributed by atoms with E-state index in [1.54, 1.807) is 11.3 Å². The summed E-state index contributed by atoms with van der Waals surface area (Å²) < 4.78 is 5.48. The number of hydrogen-bond acceptors (Lipinski definition) is 5. The molecule has 2 N–H and O–H groups in total. The molecular weight excluding hydrogens is 461 g/mol. The maximum absolute atomic E-state index is 5.48. The summed E-state index contributed by atoms with van der Waals surface area (Å²) in [6.45, 7) is 14.2. The number of nitrogens with one attached hydrogen (secondary N) is 2. The van der Waals surface area contributed by atoms with E-state index in [9.17, 15) is 0 Å². The van der Waals surface area contributed by atoms with Crippen LogP contribution in [0.2, 0.25) is 0 Å². The smallest absolute Gasteiger partial charge is 0.191 e. The number of ether oxygens (including phenoxy) is 1. The number of rotatable bonds is 7. The molecule has 6 nitrogen and oxygen atoms in total. The fourth-order valence-electron chi connectivity index (χ4n) is 3.22. The van der Waals surface area contributed by atoms with Gasteiger partial charge >= 0.3 is 0 Å².